The van der Waals surface area contributed by atoms with Gasteiger partial charge in [-0.05, 0) is 54.1 Å². The quantitative estimate of drug-likeness (QED) is 0.508. The third-order valence-electron chi connectivity index (χ3n) is 5.08. The van der Waals surface area contributed by atoms with Gasteiger partial charge in [-0.1, -0.05) is 29.8 Å². The van der Waals surface area contributed by atoms with Crippen molar-refractivity contribution in [2.75, 3.05) is 13.2 Å². The van der Waals surface area contributed by atoms with Gasteiger partial charge >= 0.3 is 5.69 Å². The van der Waals surface area contributed by atoms with E-state index in [0.29, 0.717) is 46.3 Å². The van der Waals surface area contributed by atoms with Gasteiger partial charge in [0, 0.05) is 5.02 Å². The molecule has 2 heterocycles. The highest BCUT2D eigenvalue weighted by molar-refractivity contribution is 6.30. The average Bonchev–Trinajstić information content (AvgIpc) is 2.78. The molecule has 7 heteroatoms. The van der Waals surface area contributed by atoms with Crippen molar-refractivity contribution in [2.24, 2.45) is 0 Å². The van der Waals surface area contributed by atoms with Gasteiger partial charge < -0.3 is 9.47 Å². The van der Waals surface area contributed by atoms with E-state index < -0.39 is 5.69 Å². The number of fused-ring (bicyclic) bond motifs is 2. The van der Waals surface area contributed by atoms with E-state index in [0.717, 1.165) is 5.56 Å². The van der Waals surface area contributed by atoms with Crippen molar-refractivity contribution in [3.63, 3.8) is 0 Å². The minimum Gasteiger partial charge on any atom is -0.486 e. The lowest BCUT2D eigenvalue weighted by Gasteiger charge is -2.19. The Labute approximate surface area is 176 Å². The van der Waals surface area contributed by atoms with E-state index in [1.165, 1.54) is 4.57 Å². The number of halogens is 1. The molecule has 1 aliphatic heterocycles. The summed E-state index contributed by atoms with van der Waals surface area (Å²) in [6.07, 6.45) is 0. The molecule has 1 aliphatic rings. The predicted molar refractivity (Wildman–Crippen MR) is 115 cm³/mol. The molecule has 0 N–H and O–H groups in total. The van der Waals surface area contributed by atoms with Gasteiger partial charge in [-0.25, -0.2) is 9.36 Å². The number of aromatic nitrogens is 2. The van der Waals surface area contributed by atoms with E-state index in [2.05, 4.69) is 0 Å². The Morgan fingerprint density at radius 3 is 2.40 bits per heavy atom. The summed E-state index contributed by atoms with van der Waals surface area (Å²) in [4.78, 5) is 26.5. The first-order valence-corrected chi connectivity index (χ1v) is 9.89. The van der Waals surface area contributed by atoms with Crippen LogP contribution in [0, 0.1) is 0 Å². The van der Waals surface area contributed by atoms with E-state index >= 15 is 0 Å². The zero-order chi connectivity index (χ0) is 20.7. The molecule has 0 aliphatic carbocycles. The van der Waals surface area contributed by atoms with Gasteiger partial charge in [-0.2, -0.15) is 0 Å². The molecule has 6 nitrogen and oxygen atoms in total. The van der Waals surface area contributed by atoms with E-state index in [4.69, 9.17) is 21.1 Å². The maximum atomic E-state index is 13.4. The molecule has 0 amide bonds. The van der Waals surface area contributed by atoms with Crippen LogP contribution in [0.3, 0.4) is 0 Å². The summed E-state index contributed by atoms with van der Waals surface area (Å²) in [5, 5.41) is 0.994. The Bertz CT molecular complexity index is 1370. The Kier molecular flexibility index (Phi) is 4.56. The summed E-state index contributed by atoms with van der Waals surface area (Å²) in [5.74, 6) is 1.34. The summed E-state index contributed by atoms with van der Waals surface area (Å²) >= 11 is 5.98. The molecule has 3 aromatic carbocycles. The molecule has 0 saturated carbocycles. The molecule has 0 spiro atoms. The van der Waals surface area contributed by atoms with Crippen LogP contribution in [0.15, 0.2) is 76.3 Å². The fourth-order valence-electron chi connectivity index (χ4n) is 3.66. The fourth-order valence-corrected chi connectivity index (χ4v) is 3.79. The lowest BCUT2D eigenvalue weighted by molar-refractivity contribution is 0.171. The first-order valence-electron chi connectivity index (χ1n) is 9.51. The minimum absolute atomic E-state index is 0.282. The Hall–Kier alpha value is -3.51. The molecular weight excluding hydrogens is 404 g/mol. The highest BCUT2D eigenvalue weighted by atomic mass is 35.5. The van der Waals surface area contributed by atoms with Crippen LogP contribution in [0.25, 0.3) is 16.6 Å². The molecule has 4 aromatic rings. The molecule has 0 radical (unpaired) electrons. The van der Waals surface area contributed by atoms with Crippen LogP contribution in [0.4, 0.5) is 0 Å². The van der Waals surface area contributed by atoms with Crippen LogP contribution in [0.2, 0.25) is 5.02 Å². The zero-order valence-corrected chi connectivity index (χ0v) is 16.6. The van der Waals surface area contributed by atoms with Gasteiger partial charge in [0.05, 0.1) is 23.1 Å². The van der Waals surface area contributed by atoms with Crippen LogP contribution in [-0.4, -0.2) is 22.3 Å². The number of hydrogen-bond acceptors (Lipinski definition) is 4. The molecule has 5 rings (SSSR count). The van der Waals surface area contributed by atoms with Crippen molar-refractivity contribution in [3.8, 4) is 17.2 Å². The largest absolute Gasteiger partial charge is 0.486 e. The molecule has 0 unspecified atom stereocenters. The molecular formula is C23H17ClN2O4. The topological polar surface area (TPSA) is 62.5 Å². The normalized spacial score (nSPS) is 12.8. The van der Waals surface area contributed by atoms with Crippen molar-refractivity contribution in [3.05, 3.63) is 98.2 Å². The van der Waals surface area contributed by atoms with E-state index in [9.17, 15) is 9.59 Å². The van der Waals surface area contributed by atoms with Crippen molar-refractivity contribution < 1.29 is 9.47 Å². The second kappa shape index (κ2) is 7.39. The third kappa shape index (κ3) is 3.15. The zero-order valence-electron chi connectivity index (χ0n) is 15.9. The molecule has 0 atom stereocenters. The van der Waals surface area contributed by atoms with Gasteiger partial charge in [-0.3, -0.25) is 9.36 Å². The Morgan fingerprint density at radius 1 is 0.867 bits per heavy atom. The molecule has 0 bridgehead atoms. The number of nitrogens with zero attached hydrogens (tertiary/aromatic N) is 2. The predicted octanol–water partition coefficient (Wildman–Crippen LogP) is 3.63. The Morgan fingerprint density at radius 2 is 1.60 bits per heavy atom. The van der Waals surface area contributed by atoms with Gasteiger partial charge in [0.25, 0.3) is 5.56 Å². The fraction of sp³-hybridized carbons (Fsp3) is 0.130. The van der Waals surface area contributed by atoms with Gasteiger partial charge in [0.2, 0.25) is 0 Å². The SMILES string of the molecule is O=c1c2ccccc2n(Cc2ccc3c(c2)OCCO3)c(=O)n1-c1ccc(Cl)cc1. The molecule has 0 saturated heterocycles. The summed E-state index contributed by atoms with van der Waals surface area (Å²) in [7, 11) is 0. The smallest absolute Gasteiger partial charge is 0.336 e. The first kappa shape index (κ1) is 18.5. The summed E-state index contributed by atoms with van der Waals surface area (Å²) in [6.45, 7) is 1.28. The number of para-hydroxylation sites is 1. The van der Waals surface area contributed by atoms with Crippen molar-refractivity contribution in [1.29, 1.82) is 0 Å². The number of rotatable bonds is 3. The summed E-state index contributed by atoms with van der Waals surface area (Å²) < 4.78 is 14.0. The minimum atomic E-state index is -0.420. The van der Waals surface area contributed by atoms with E-state index in [1.807, 2.05) is 24.3 Å². The second-order valence-electron chi connectivity index (χ2n) is 6.98. The van der Waals surface area contributed by atoms with Crippen LogP contribution >= 0.6 is 11.6 Å². The number of benzene rings is 3. The summed E-state index contributed by atoms with van der Waals surface area (Å²) in [5.41, 5.74) is 1.13. The van der Waals surface area contributed by atoms with Gasteiger partial charge in [-0.15, -0.1) is 0 Å². The molecule has 30 heavy (non-hydrogen) atoms. The monoisotopic (exact) mass is 420 g/mol. The highest BCUT2D eigenvalue weighted by Crippen LogP contribution is 2.31. The van der Waals surface area contributed by atoms with E-state index in [-0.39, 0.29) is 12.1 Å². The maximum Gasteiger partial charge on any atom is 0.336 e. The first-order chi connectivity index (χ1) is 14.6. The van der Waals surface area contributed by atoms with Crippen LogP contribution in [0.5, 0.6) is 11.5 Å². The average molecular weight is 421 g/mol. The molecule has 150 valence electrons. The summed E-state index contributed by atoms with van der Waals surface area (Å²) in [6, 6.07) is 19.3. The van der Waals surface area contributed by atoms with Crippen molar-refractivity contribution >= 4 is 22.5 Å². The van der Waals surface area contributed by atoms with Crippen molar-refractivity contribution in [1.82, 2.24) is 9.13 Å². The highest BCUT2D eigenvalue weighted by Gasteiger charge is 2.16. The lowest BCUT2D eigenvalue weighted by atomic mass is 10.1. The second-order valence-corrected chi connectivity index (χ2v) is 7.42. The number of hydrogen-bond donors (Lipinski definition) is 0. The van der Waals surface area contributed by atoms with Gasteiger partial charge in [0.15, 0.2) is 11.5 Å². The standard InChI is InChI=1S/C23H17ClN2O4/c24-16-6-8-17(9-7-16)26-22(27)18-3-1-2-4-19(18)25(23(26)28)14-15-5-10-20-21(13-15)30-12-11-29-20/h1-10,13H,11-12,14H2. The molecule has 0 fully saturated rings. The van der Waals surface area contributed by atoms with E-state index in [1.54, 1.807) is 47.0 Å². The van der Waals surface area contributed by atoms with Crippen molar-refractivity contribution in [2.45, 2.75) is 6.54 Å². The maximum absolute atomic E-state index is 13.4. The lowest BCUT2D eigenvalue weighted by Crippen LogP contribution is -2.39. The van der Waals surface area contributed by atoms with Crippen LogP contribution in [-0.2, 0) is 6.54 Å². The third-order valence-corrected chi connectivity index (χ3v) is 5.33. The number of ether oxygens (including phenoxy) is 2. The Balaban J connectivity index is 1.70. The van der Waals surface area contributed by atoms with Crippen LogP contribution in [0.1, 0.15) is 5.56 Å². The molecule has 1 aromatic heterocycles. The van der Waals surface area contributed by atoms with Gasteiger partial charge in [0.1, 0.15) is 13.2 Å². The van der Waals surface area contributed by atoms with Crippen LogP contribution < -0.4 is 20.7 Å².